The van der Waals surface area contributed by atoms with E-state index in [0.29, 0.717) is 17.1 Å². The topological polar surface area (TPSA) is 64.9 Å². The van der Waals surface area contributed by atoms with Gasteiger partial charge in [0.25, 0.3) is 6.01 Å². The highest BCUT2D eigenvalue weighted by molar-refractivity contribution is 5.69. The highest BCUT2D eigenvalue weighted by Crippen LogP contribution is 2.18. The number of nitrogens with two attached hydrogens (primary N) is 1. The largest absolute Gasteiger partial charge is 0.422 e. The van der Waals surface area contributed by atoms with E-state index in [4.69, 9.17) is 10.2 Å². The fourth-order valence-corrected chi connectivity index (χ4v) is 1.17. The maximum absolute atomic E-state index is 5.40. The third-order valence-corrected chi connectivity index (χ3v) is 1.88. The standard InChI is InChI=1S/C9H11N3O/c1-5(2)6-3-4-7-8(11-6)12-9(10)13-7/h3-5H,1-2H3,(H2,10,11,12). The van der Waals surface area contributed by atoms with Gasteiger partial charge in [-0.25, -0.2) is 4.98 Å². The smallest absolute Gasteiger partial charge is 0.294 e. The van der Waals surface area contributed by atoms with Gasteiger partial charge in [-0.15, -0.1) is 0 Å². The molecule has 0 unspecified atom stereocenters. The SMILES string of the molecule is CC(C)c1ccc2oc(N)nc2n1. The molecule has 0 spiro atoms. The van der Waals surface area contributed by atoms with E-state index in [9.17, 15) is 0 Å². The maximum Gasteiger partial charge on any atom is 0.294 e. The van der Waals surface area contributed by atoms with Gasteiger partial charge in [0.2, 0.25) is 5.65 Å². The van der Waals surface area contributed by atoms with Crippen LogP contribution in [-0.4, -0.2) is 9.97 Å². The van der Waals surface area contributed by atoms with Gasteiger partial charge in [0, 0.05) is 5.69 Å². The van der Waals surface area contributed by atoms with Crippen molar-refractivity contribution in [3.8, 4) is 0 Å². The minimum Gasteiger partial charge on any atom is -0.422 e. The first kappa shape index (κ1) is 8.04. The summed E-state index contributed by atoms with van der Waals surface area (Å²) in [6.07, 6.45) is 0. The summed E-state index contributed by atoms with van der Waals surface area (Å²) >= 11 is 0. The van der Waals surface area contributed by atoms with Crippen LogP contribution in [0.2, 0.25) is 0 Å². The molecule has 2 rings (SSSR count). The van der Waals surface area contributed by atoms with E-state index in [-0.39, 0.29) is 6.01 Å². The molecule has 0 amide bonds. The molecule has 2 aromatic rings. The van der Waals surface area contributed by atoms with Crippen molar-refractivity contribution in [1.29, 1.82) is 0 Å². The van der Waals surface area contributed by atoms with Crippen LogP contribution in [0.1, 0.15) is 25.5 Å². The first-order chi connectivity index (χ1) is 6.16. The molecule has 0 aliphatic heterocycles. The van der Waals surface area contributed by atoms with Crippen molar-refractivity contribution in [3.05, 3.63) is 17.8 Å². The first-order valence-corrected chi connectivity index (χ1v) is 4.20. The maximum atomic E-state index is 5.40. The van der Waals surface area contributed by atoms with E-state index in [1.165, 1.54) is 0 Å². The molecular formula is C9H11N3O. The zero-order valence-electron chi connectivity index (χ0n) is 7.61. The van der Waals surface area contributed by atoms with Crippen LogP contribution in [0.5, 0.6) is 0 Å². The summed E-state index contributed by atoms with van der Waals surface area (Å²) in [5.41, 5.74) is 7.63. The molecule has 0 fully saturated rings. The lowest BCUT2D eigenvalue weighted by atomic mass is 10.1. The van der Waals surface area contributed by atoms with Crippen molar-refractivity contribution < 1.29 is 4.42 Å². The average molecular weight is 177 g/mol. The van der Waals surface area contributed by atoms with Crippen molar-refractivity contribution in [2.45, 2.75) is 19.8 Å². The molecule has 0 aliphatic rings. The summed E-state index contributed by atoms with van der Waals surface area (Å²) in [4.78, 5) is 8.27. The number of nitrogen functional groups attached to an aromatic ring is 1. The third kappa shape index (κ3) is 1.35. The van der Waals surface area contributed by atoms with Gasteiger partial charge in [-0.05, 0) is 18.1 Å². The Morgan fingerprint density at radius 2 is 2.08 bits per heavy atom. The average Bonchev–Trinajstić information content (AvgIpc) is 2.42. The molecule has 0 aromatic carbocycles. The number of hydrogen-bond donors (Lipinski definition) is 1. The summed E-state index contributed by atoms with van der Waals surface area (Å²) in [6.45, 7) is 4.16. The molecule has 0 radical (unpaired) electrons. The van der Waals surface area contributed by atoms with Gasteiger partial charge in [0.1, 0.15) is 0 Å². The first-order valence-electron chi connectivity index (χ1n) is 4.20. The highest BCUT2D eigenvalue weighted by Gasteiger charge is 2.06. The van der Waals surface area contributed by atoms with Gasteiger partial charge in [0.05, 0.1) is 0 Å². The van der Waals surface area contributed by atoms with Crippen molar-refractivity contribution in [1.82, 2.24) is 9.97 Å². The van der Waals surface area contributed by atoms with E-state index < -0.39 is 0 Å². The summed E-state index contributed by atoms with van der Waals surface area (Å²) in [5.74, 6) is 0.391. The Hall–Kier alpha value is -1.58. The molecule has 0 aliphatic carbocycles. The lowest BCUT2D eigenvalue weighted by Gasteiger charge is -2.01. The number of rotatable bonds is 1. The predicted octanol–water partition coefficient (Wildman–Crippen LogP) is 1.93. The molecule has 68 valence electrons. The van der Waals surface area contributed by atoms with Crippen LogP contribution in [0.15, 0.2) is 16.5 Å². The molecule has 2 N–H and O–H groups in total. The Kier molecular flexibility index (Phi) is 1.69. The Bertz CT molecular complexity index is 433. The Morgan fingerprint density at radius 1 is 1.31 bits per heavy atom. The second kappa shape index (κ2) is 2.73. The Balaban J connectivity index is 2.61. The van der Waals surface area contributed by atoms with Crippen molar-refractivity contribution in [3.63, 3.8) is 0 Å². The van der Waals surface area contributed by atoms with Gasteiger partial charge in [-0.1, -0.05) is 13.8 Å². The second-order valence-electron chi connectivity index (χ2n) is 3.26. The number of pyridine rings is 1. The van der Waals surface area contributed by atoms with Crippen LogP contribution in [0.4, 0.5) is 6.01 Å². The van der Waals surface area contributed by atoms with Crippen LogP contribution >= 0.6 is 0 Å². The second-order valence-corrected chi connectivity index (χ2v) is 3.26. The molecule has 13 heavy (non-hydrogen) atoms. The zero-order valence-corrected chi connectivity index (χ0v) is 7.61. The number of nitrogens with zero attached hydrogens (tertiary/aromatic N) is 2. The lowest BCUT2D eigenvalue weighted by Crippen LogP contribution is -1.91. The molecular weight excluding hydrogens is 166 g/mol. The van der Waals surface area contributed by atoms with E-state index in [0.717, 1.165) is 5.69 Å². The van der Waals surface area contributed by atoms with E-state index in [1.807, 2.05) is 12.1 Å². The quantitative estimate of drug-likeness (QED) is 0.722. The summed E-state index contributed by atoms with van der Waals surface area (Å²) in [5, 5.41) is 0. The van der Waals surface area contributed by atoms with Crippen LogP contribution in [0.25, 0.3) is 11.2 Å². The minimum atomic E-state index is 0.170. The summed E-state index contributed by atoms with van der Waals surface area (Å²) < 4.78 is 5.11. The van der Waals surface area contributed by atoms with E-state index >= 15 is 0 Å². The van der Waals surface area contributed by atoms with Gasteiger partial charge < -0.3 is 10.2 Å². The van der Waals surface area contributed by atoms with Crippen LogP contribution in [0, 0.1) is 0 Å². The van der Waals surface area contributed by atoms with Crippen molar-refractivity contribution in [2.75, 3.05) is 5.73 Å². The highest BCUT2D eigenvalue weighted by atomic mass is 16.4. The molecule has 0 saturated heterocycles. The molecule has 0 bridgehead atoms. The van der Waals surface area contributed by atoms with Gasteiger partial charge >= 0.3 is 0 Å². The predicted molar refractivity (Wildman–Crippen MR) is 50.3 cm³/mol. The van der Waals surface area contributed by atoms with Gasteiger partial charge in [0.15, 0.2) is 5.58 Å². The summed E-state index contributed by atoms with van der Waals surface area (Å²) in [7, 11) is 0. The monoisotopic (exact) mass is 177 g/mol. The number of oxazole rings is 1. The number of hydrogen-bond acceptors (Lipinski definition) is 4. The number of aromatic nitrogens is 2. The van der Waals surface area contributed by atoms with Gasteiger partial charge in [-0.3, -0.25) is 0 Å². The van der Waals surface area contributed by atoms with Crippen LogP contribution < -0.4 is 5.73 Å². The Labute approximate surface area is 75.8 Å². The summed E-state index contributed by atoms with van der Waals surface area (Å²) in [6, 6.07) is 3.95. The van der Waals surface area contributed by atoms with Crippen LogP contribution in [-0.2, 0) is 0 Å². The third-order valence-electron chi connectivity index (χ3n) is 1.88. The van der Waals surface area contributed by atoms with E-state index in [2.05, 4.69) is 23.8 Å². The zero-order chi connectivity index (χ0) is 9.42. The van der Waals surface area contributed by atoms with Gasteiger partial charge in [-0.2, -0.15) is 4.98 Å². The van der Waals surface area contributed by atoms with E-state index in [1.54, 1.807) is 0 Å². The molecule has 4 heteroatoms. The van der Waals surface area contributed by atoms with Crippen molar-refractivity contribution in [2.24, 2.45) is 0 Å². The number of fused-ring (bicyclic) bond motifs is 1. The lowest BCUT2D eigenvalue weighted by molar-refractivity contribution is 0.626. The number of anilines is 1. The fraction of sp³-hybridized carbons (Fsp3) is 0.333. The molecule has 4 nitrogen and oxygen atoms in total. The fourth-order valence-electron chi connectivity index (χ4n) is 1.17. The molecule has 0 saturated carbocycles. The van der Waals surface area contributed by atoms with Crippen molar-refractivity contribution >= 4 is 17.2 Å². The minimum absolute atomic E-state index is 0.170. The normalized spacial score (nSPS) is 11.3. The Morgan fingerprint density at radius 3 is 2.77 bits per heavy atom. The molecule has 2 heterocycles. The van der Waals surface area contributed by atoms with Crippen LogP contribution in [0.3, 0.4) is 0 Å². The molecule has 2 aromatic heterocycles. The molecule has 0 atom stereocenters.